The Balaban J connectivity index is 2.07. The van der Waals surface area contributed by atoms with Crippen molar-refractivity contribution >= 4 is 40.3 Å². The van der Waals surface area contributed by atoms with Gasteiger partial charge in [0, 0.05) is 11.4 Å². The molecular formula is C19H18N4OS. The van der Waals surface area contributed by atoms with E-state index in [-0.39, 0.29) is 5.91 Å². The van der Waals surface area contributed by atoms with Gasteiger partial charge in [0.05, 0.1) is 18.5 Å². The van der Waals surface area contributed by atoms with Crippen LogP contribution in [0.3, 0.4) is 0 Å². The normalized spacial score (nSPS) is 16.3. The van der Waals surface area contributed by atoms with Crippen LogP contribution < -0.4 is 9.80 Å². The lowest BCUT2D eigenvalue weighted by atomic mass is 10.0. The van der Waals surface area contributed by atoms with E-state index in [2.05, 4.69) is 9.83 Å². The first-order valence-corrected chi connectivity index (χ1v) is 8.27. The first-order chi connectivity index (χ1) is 11.8. The quantitative estimate of drug-likeness (QED) is 0.602. The number of carbonyl (C=O) groups is 1. The molecule has 6 heteroatoms. The number of hydrogen-bond donors (Lipinski definition) is 0. The number of aryl methyl sites for hydroxylation is 2. The van der Waals surface area contributed by atoms with Gasteiger partial charge in [-0.1, -0.05) is 6.07 Å². The standard InChI is InChI=1S/C19H18N4OS/c1-12-10-14(8-9-16(12)20-5)22-17(24)19(3,4)23(18(22)25)15-7-6-13(2)21-11-15/h6-11H,1-4H3. The second kappa shape index (κ2) is 5.94. The predicted octanol–water partition coefficient (Wildman–Crippen LogP) is 4.17. The van der Waals surface area contributed by atoms with Crippen molar-refractivity contribution in [2.24, 2.45) is 0 Å². The average Bonchev–Trinajstić information content (AvgIpc) is 2.74. The van der Waals surface area contributed by atoms with Gasteiger partial charge >= 0.3 is 0 Å². The zero-order valence-electron chi connectivity index (χ0n) is 14.6. The Morgan fingerprint density at radius 2 is 1.84 bits per heavy atom. The number of benzene rings is 1. The average molecular weight is 350 g/mol. The number of aromatic nitrogens is 1. The summed E-state index contributed by atoms with van der Waals surface area (Å²) in [6.45, 7) is 14.6. The lowest BCUT2D eigenvalue weighted by molar-refractivity contribution is -0.120. The largest absolute Gasteiger partial charge is 0.302 e. The van der Waals surface area contributed by atoms with E-state index in [0.717, 1.165) is 16.9 Å². The van der Waals surface area contributed by atoms with Crippen LogP contribution in [-0.4, -0.2) is 21.5 Å². The SMILES string of the molecule is [C-]#[N+]c1ccc(N2C(=O)C(C)(C)N(c3ccc(C)nc3)C2=S)cc1C. The molecule has 3 rings (SSSR count). The van der Waals surface area contributed by atoms with Gasteiger partial charge in [-0.2, -0.15) is 0 Å². The molecule has 5 nitrogen and oxygen atoms in total. The molecule has 25 heavy (non-hydrogen) atoms. The highest BCUT2D eigenvalue weighted by molar-refractivity contribution is 7.81. The van der Waals surface area contributed by atoms with E-state index in [4.69, 9.17) is 18.8 Å². The van der Waals surface area contributed by atoms with Crippen molar-refractivity contribution < 1.29 is 4.79 Å². The van der Waals surface area contributed by atoms with Gasteiger partial charge in [-0.15, -0.1) is 0 Å². The Morgan fingerprint density at radius 1 is 1.16 bits per heavy atom. The van der Waals surface area contributed by atoms with Gasteiger partial charge in [0.2, 0.25) is 0 Å². The third-order valence-corrected chi connectivity index (χ3v) is 4.75. The maximum absolute atomic E-state index is 13.1. The number of anilines is 2. The first-order valence-electron chi connectivity index (χ1n) is 7.87. The molecule has 0 saturated carbocycles. The van der Waals surface area contributed by atoms with Gasteiger partial charge in [0.15, 0.2) is 10.8 Å². The zero-order chi connectivity index (χ0) is 18.4. The van der Waals surface area contributed by atoms with Gasteiger partial charge in [0.1, 0.15) is 5.54 Å². The number of hydrogen-bond acceptors (Lipinski definition) is 3. The number of amides is 1. The summed E-state index contributed by atoms with van der Waals surface area (Å²) < 4.78 is 0. The highest BCUT2D eigenvalue weighted by atomic mass is 32.1. The molecule has 1 amide bonds. The minimum absolute atomic E-state index is 0.104. The molecule has 2 heterocycles. The number of thiocarbonyl (C=S) groups is 1. The topological polar surface area (TPSA) is 40.8 Å². The van der Waals surface area contributed by atoms with Gasteiger partial charge in [-0.25, -0.2) is 4.85 Å². The summed E-state index contributed by atoms with van der Waals surface area (Å²) in [4.78, 5) is 24.2. The summed E-state index contributed by atoms with van der Waals surface area (Å²) in [5, 5.41) is 0.413. The van der Waals surface area contributed by atoms with Crippen molar-refractivity contribution in [2.45, 2.75) is 33.2 Å². The fourth-order valence-corrected chi connectivity index (χ4v) is 3.47. The lowest BCUT2D eigenvalue weighted by Crippen LogP contribution is -2.44. The molecule has 0 atom stereocenters. The number of nitrogens with zero attached hydrogens (tertiary/aromatic N) is 4. The summed E-state index contributed by atoms with van der Waals surface area (Å²) in [5.74, 6) is -0.104. The van der Waals surface area contributed by atoms with Crippen LogP contribution in [0.1, 0.15) is 25.1 Å². The maximum atomic E-state index is 13.1. The molecule has 0 radical (unpaired) electrons. The Bertz CT molecular complexity index is 912. The Morgan fingerprint density at radius 3 is 2.40 bits per heavy atom. The summed E-state index contributed by atoms with van der Waals surface area (Å²) in [6, 6.07) is 9.12. The molecule has 2 aromatic rings. The molecule has 0 bridgehead atoms. The predicted molar refractivity (Wildman–Crippen MR) is 103 cm³/mol. The van der Waals surface area contributed by atoms with Crippen LogP contribution in [0.4, 0.5) is 17.1 Å². The van der Waals surface area contributed by atoms with Crippen LogP contribution in [0.25, 0.3) is 4.85 Å². The summed E-state index contributed by atoms with van der Waals surface area (Å²) in [7, 11) is 0. The van der Waals surface area contributed by atoms with E-state index >= 15 is 0 Å². The van der Waals surface area contributed by atoms with Gasteiger partial charge < -0.3 is 4.90 Å². The fraction of sp³-hybridized carbons (Fsp3) is 0.263. The Kier molecular flexibility index (Phi) is 4.05. The molecule has 1 saturated heterocycles. The fourth-order valence-electron chi connectivity index (χ4n) is 2.95. The van der Waals surface area contributed by atoms with E-state index in [1.165, 1.54) is 4.90 Å². The van der Waals surface area contributed by atoms with Crippen molar-refractivity contribution in [3.63, 3.8) is 0 Å². The molecule has 126 valence electrons. The lowest BCUT2D eigenvalue weighted by Gasteiger charge is -2.29. The molecule has 0 unspecified atom stereocenters. The third kappa shape index (κ3) is 2.67. The highest BCUT2D eigenvalue weighted by Crippen LogP contribution is 2.37. The molecule has 0 spiro atoms. The van der Waals surface area contributed by atoms with Crippen LogP contribution in [0.5, 0.6) is 0 Å². The Hall–Kier alpha value is -2.78. The maximum Gasteiger partial charge on any atom is 0.259 e. The number of pyridine rings is 1. The monoisotopic (exact) mass is 350 g/mol. The molecule has 1 fully saturated rings. The minimum atomic E-state index is -0.819. The molecule has 1 aromatic heterocycles. The molecule has 1 aliphatic heterocycles. The second-order valence-corrected chi connectivity index (χ2v) is 6.92. The van der Waals surface area contributed by atoms with Gasteiger partial charge in [-0.05, 0) is 69.7 Å². The van der Waals surface area contributed by atoms with E-state index in [0.29, 0.717) is 16.5 Å². The van der Waals surface area contributed by atoms with E-state index in [9.17, 15) is 4.79 Å². The molecule has 1 aromatic carbocycles. The smallest absolute Gasteiger partial charge is 0.259 e. The van der Waals surface area contributed by atoms with E-state index < -0.39 is 5.54 Å². The van der Waals surface area contributed by atoms with Crippen LogP contribution in [0.2, 0.25) is 0 Å². The first kappa shape index (κ1) is 17.1. The van der Waals surface area contributed by atoms with Crippen molar-refractivity contribution in [2.75, 3.05) is 9.80 Å². The molecule has 0 N–H and O–H groups in total. The van der Waals surface area contributed by atoms with Gasteiger partial charge in [-0.3, -0.25) is 14.7 Å². The van der Waals surface area contributed by atoms with Crippen molar-refractivity contribution in [1.82, 2.24) is 4.98 Å². The molecular weight excluding hydrogens is 332 g/mol. The summed E-state index contributed by atoms with van der Waals surface area (Å²) >= 11 is 5.63. The molecule has 1 aliphatic rings. The van der Waals surface area contributed by atoms with Crippen LogP contribution in [-0.2, 0) is 4.79 Å². The third-order valence-electron chi connectivity index (χ3n) is 4.38. The Labute approximate surface area is 152 Å². The van der Waals surface area contributed by atoms with Crippen molar-refractivity contribution in [1.29, 1.82) is 0 Å². The van der Waals surface area contributed by atoms with Crippen LogP contribution in [0.15, 0.2) is 36.5 Å². The number of carbonyl (C=O) groups excluding carboxylic acids is 1. The van der Waals surface area contributed by atoms with Crippen molar-refractivity contribution in [3.8, 4) is 0 Å². The highest BCUT2D eigenvalue weighted by Gasteiger charge is 2.50. The summed E-state index contributed by atoms with van der Waals surface area (Å²) in [5.41, 5.74) is 2.93. The zero-order valence-corrected chi connectivity index (χ0v) is 15.4. The number of rotatable bonds is 2. The van der Waals surface area contributed by atoms with Crippen LogP contribution in [0, 0.1) is 20.4 Å². The molecule has 0 aliphatic carbocycles. The van der Waals surface area contributed by atoms with E-state index in [1.807, 2.05) is 50.8 Å². The van der Waals surface area contributed by atoms with E-state index in [1.54, 1.807) is 18.3 Å². The van der Waals surface area contributed by atoms with Gasteiger partial charge in [0.25, 0.3) is 5.91 Å². The minimum Gasteiger partial charge on any atom is -0.302 e. The summed E-state index contributed by atoms with van der Waals surface area (Å²) in [6.07, 6.45) is 1.73. The van der Waals surface area contributed by atoms with Crippen molar-refractivity contribution in [3.05, 3.63) is 59.2 Å². The van der Waals surface area contributed by atoms with Crippen LogP contribution >= 0.6 is 12.2 Å². The second-order valence-electron chi connectivity index (χ2n) is 6.56.